The highest BCUT2D eigenvalue weighted by molar-refractivity contribution is 7.98. The molecule has 24 heavy (non-hydrogen) atoms. The molecular weight excluding hydrogens is 344 g/mol. The van der Waals surface area contributed by atoms with Gasteiger partial charge in [0.05, 0.1) is 5.75 Å². The van der Waals surface area contributed by atoms with Gasteiger partial charge in [0.1, 0.15) is 0 Å². The molecule has 4 heterocycles. The second-order valence-corrected chi connectivity index (χ2v) is 6.64. The van der Waals surface area contributed by atoms with Crippen molar-refractivity contribution < 1.29 is 4.52 Å². The summed E-state index contributed by atoms with van der Waals surface area (Å²) in [5.41, 5.74) is 1.90. The van der Waals surface area contributed by atoms with Gasteiger partial charge in [0.2, 0.25) is 11.7 Å². The van der Waals surface area contributed by atoms with Gasteiger partial charge in [-0.05, 0) is 23.6 Å². The van der Waals surface area contributed by atoms with E-state index < -0.39 is 0 Å². The minimum atomic E-state index is 0.538. The van der Waals surface area contributed by atoms with Crippen molar-refractivity contribution >= 4 is 23.1 Å². The molecule has 0 bridgehead atoms. The van der Waals surface area contributed by atoms with Crippen LogP contribution in [0.2, 0.25) is 0 Å². The Kier molecular flexibility index (Phi) is 4.09. The van der Waals surface area contributed by atoms with Gasteiger partial charge < -0.3 is 9.09 Å². The predicted octanol–water partition coefficient (Wildman–Crippen LogP) is 3.28. The lowest BCUT2D eigenvalue weighted by molar-refractivity contribution is 0.391. The average molecular weight is 356 g/mol. The van der Waals surface area contributed by atoms with E-state index in [4.69, 9.17) is 4.52 Å². The van der Waals surface area contributed by atoms with Gasteiger partial charge in [-0.15, -0.1) is 10.2 Å². The van der Waals surface area contributed by atoms with Gasteiger partial charge in [-0.1, -0.05) is 16.9 Å². The number of hydrogen-bond donors (Lipinski definition) is 0. The van der Waals surface area contributed by atoms with Crippen molar-refractivity contribution in [3.05, 3.63) is 47.2 Å². The minimum absolute atomic E-state index is 0.538. The van der Waals surface area contributed by atoms with Gasteiger partial charge in [0.25, 0.3) is 0 Å². The first-order valence-corrected chi connectivity index (χ1v) is 9.02. The second kappa shape index (κ2) is 6.54. The molecule has 0 saturated heterocycles. The van der Waals surface area contributed by atoms with Crippen LogP contribution in [0.5, 0.6) is 0 Å². The third kappa shape index (κ3) is 2.95. The van der Waals surface area contributed by atoms with E-state index in [2.05, 4.69) is 25.3 Å². The Hall–Kier alpha value is -2.52. The topological polar surface area (TPSA) is 82.5 Å². The third-order valence-corrected chi connectivity index (χ3v) is 5.02. The number of rotatable bonds is 5. The van der Waals surface area contributed by atoms with Crippen LogP contribution >= 0.6 is 23.1 Å². The molecule has 0 atom stereocenters. The van der Waals surface area contributed by atoms with Crippen LogP contribution in [0.4, 0.5) is 0 Å². The van der Waals surface area contributed by atoms with Crippen LogP contribution in [0.25, 0.3) is 22.8 Å². The first-order chi connectivity index (χ1) is 11.8. The first kappa shape index (κ1) is 15.0. The van der Waals surface area contributed by atoms with Crippen molar-refractivity contribution in [2.75, 3.05) is 0 Å². The summed E-state index contributed by atoms with van der Waals surface area (Å²) in [6.07, 6.45) is 3.50. The molecule has 0 aliphatic rings. The monoisotopic (exact) mass is 356 g/mol. The normalized spacial score (nSPS) is 11.0. The Morgan fingerprint density at radius 3 is 3.00 bits per heavy atom. The summed E-state index contributed by atoms with van der Waals surface area (Å²) in [6.45, 7) is 0. The van der Waals surface area contributed by atoms with E-state index in [0.29, 0.717) is 17.5 Å². The minimum Gasteiger partial charge on any atom is -0.338 e. The largest absolute Gasteiger partial charge is 0.338 e. The first-order valence-electron chi connectivity index (χ1n) is 7.09. The zero-order valence-corrected chi connectivity index (χ0v) is 14.3. The fourth-order valence-electron chi connectivity index (χ4n) is 2.14. The molecule has 4 rings (SSSR count). The molecule has 0 N–H and O–H groups in total. The predicted molar refractivity (Wildman–Crippen MR) is 91.4 cm³/mol. The van der Waals surface area contributed by atoms with Crippen LogP contribution in [0.3, 0.4) is 0 Å². The summed E-state index contributed by atoms with van der Waals surface area (Å²) in [5, 5.41) is 17.2. The summed E-state index contributed by atoms with van der Waals surface area (Å²) >= 11 is 3.10. The van der Waals surface area contributed by atoms with Crippen molar-refractivity contribution in [2.24, 2.45) is 7.05 Å². The SMILES string of the molecule is Cn1c(SCc2nc(-c3ccsc3)no2)nnc1-c1cccnc1. The highest BCUT2D eigenvalue weighted by Crippen LogP contribution is 2.25. The molecule has 0 aliphatic heterocycles. The highest BCUT2D eigenvalue weighted by Gasteiger charge is 2.14. The van der Waals surface area contributed by atoms with Crippen LogP contribution in [-0.2, 0) is 12.8 Å². The Balaban J connectivity index is 1.48. The van der Waals surface area contributed by atoms with Crippen LogP contribution in [0.1, 0.15) is 5.89 Å². The van der Waals surface area contributed by atoms with E-state index in [1.54, 1.807) is 23.7 Å². The Morgan fingerprint density at radius 1 is 1.25 bits per heavy atom. The van der Waals surface area contributed by atoms with E-state index in [1.807, 2.05) is 40.6 Å². The van der Waals surface area contributed by atoms with Crippen molar-refractivity contribution in [1.29, 1.82) is 0 Å². The molecule has 0 radical (unpaired) electrons. The lowest BCUT2D eigenvalue weighted by Gasteiger charge is -2.02. The van der Waals surface area contributed by atoms with Gasteiger partial charge in [-0.25, -0.2) is 0 Å². The Labute approximate surface area is 145 Å². The summed E-state index contributed by atoms with van der Waals surface area (Å²) in [7, 11) is 1.93. The smallest absolute Gasteiger partial charge is 0.237 e. The number of thiophene rings is 1. The molecule has 0 fully saturated rings. The zero-order chi connectivity index (χ0) is 16.4. The van der Waals surface area contributed by atoms with Crippen molar-refractivity contribution in [2.45, 2.75) is 10.9 Å². The molecule has 0 spiro atoms. The molecular formula is C15H12N6OS2. The number of thioether (sulfide) groups is 1. The molecule has 120 valence electrons. The highest BCUT2D eigenvalue weighted by atomic mass is 32.2. The summed E-state index contributed by atoms with van der Waals surface area (Å²) in [4.78, 5) is 8.51. The standard InChI is InChI=1S/C15H12N6OS2/c1-21-14(10-3-2-5-16-7-10)18-19-15(21)24-9-12-17-13(20-22-12)11-4-6-23-8-11/h2-8H,9H2,1H3. The van der Waals surface area contributed by atoms with Gasteiger partial charge >= 0.3 is 0 Å². The number of aromatic nitrogens is 6. The molecule has 0 aromatic carbocycles. The zero-order valence-electron chi connectivity index (χ0n) is 12.7. The van der Waals surface area contributed by atoms with Crippen molar-refractivity contribution in [3.8, 4) is 22.8 Å². The summed E-state index contributed by atoms with van der Waals surface area (Å²) in [5.74, 6) is 2.49. The van der Waals surface area contributed by atoms with Gasteiger partial charge in [-0.2, -0.15) is 16.3 Å². The number of pyridine rings is 1. The Bertz CT molecular complexity index is 932. The lowest BCUT2D eigenvalue weighted by atomic mass is 10.3. The molecule has 0 amide bonds. The maximum atomic E-state index is 5.30. The van der Waals surface area contributed by atoms with Crippen LogP contribution < -0.4 is 0 Å². The van der Waals surface area contributed by atoms with Gasteiger partial charge in [-0.3, -0.25) is 4.98 Å². The van der Waals surface area contributed by atoms with Crippen molar-refractivity contribution in [1.82, 2.24) is 29.9 Å². The maximum absolute atomic E-state index is 5.30. The average Bonchev–Trinajstić information content (AvgIpc) is 3.35. The van der Waals surface area contributed by atoms with Crippen molar-refractivity contribution in [3.63, 3.8) is 0 Å². The van der Waals surface area contributed by atoms with E-state index in [0.717, 1.165) is 22.1 Å². The van der Waals surface area contributed by atoms with E-state index >= 15 is 0 Å². The lowest BCUT2D eigenvalue weighted by Crippen LogP contribution is -1.95. The van der Waals surface area contributed by atoms with Crippen LogP contribution in [-0.4, -0.2) is 29.9 Å². The van der Waals surface area contributed by atoms with Gasteiger partial charge in [0.15, 0.2) is 11.0 Å². The molecule has 0 unspecified atom stereocenters. The van der Waals surface area contributed by atoms with E-state index in [9.17, 15) is 0 Å². The molecule has 0 saturated carbocycles. The van der Waals surface area contributed by atoms with E-state index in [1.165, 1.54) is 11.8 Å². The number of nitrogens with zero attached hydrogens (tertiary/aromatic N) is 6. The second-order valence-electron chi connectivity index (χ2n) is 4.92. The Morgan fingerprint density at radius 2 is 2.21 bits per heavy atom. The van der Waals surface area contributed by atoms with Gasteiger partial charge in [0, 0.05) is 35.9 Å². The molecule has 0 aliphatic carbocycles. The quantitative estimate of drug-likeness (QED) is 0.507. The van der Waals surface area contributed by atoms with Crippen LogP contribution in [0, 0.1) is 0 Å². The molecule has 9 heteroatoms. The fraction of sp³-hybridized carbons (Fsp3) is 0.133. The summed E-state index contributed by atoms with van der Waals surface area (Å²) in [6, 6.07) is 5.80. The van der Waals surface area contributed by atoms with E-state index in [-0.39, 0.29) is 0 Å². The van der Waals surface area contributed by atoms with Crippen LogP contribution in [0.15, 0.2) is 51.0 Å². The molecule has 4 aromatic rings. The molecule has 7 nitrogen and oxygen atoms in total. The maximum Gasteiger partial charge on any atom is 0.237 e. The number of hydrogen-bond acceptors (Lipinski definition) is 8. The third-order valence-electron chi connectivity index (χ3n) is 3.33. The summed E-state index contributed by atoms with van der Waals surface area (Å²) < 4.78 is 7.23. The molecule has 4 aromatic heterocycles. The fourth-order valence-corrected chi connectivity index (χ4v) is 3.52.